The molecule has 1 aliphatic carbocycles. The average Bonchev–Trinajstić information content (AvgIpc) is 3.33. The monoisotopic (exact) mass is 578 g/mol. The molecule has 2 fully saturated rings. The van der Waals surface area contributed by atoms with Crippen LogP contribution in [0.1, 0.15) is 50.1 Å². The molecule has 9 nitrogen and oxygen atoms in total. The Morgan fingerprint density at radius 3 is 2.45 bits per heavy atom. The Kier molecular flexibility index (Phi) is 7.96. The molecule has 0 bridgehead atoms. The van der Waals surface area contributed by atoms with Crippen molar-refractivity contribution in [1.29, 1.82) is 0 Å². The highest BCUT2D eigenvalue weighted by atomic mass is 19.1. The van der Waals surface area contributed by atoms with Crippen molar-refractivity contribution in [2.45, 2.75) is 57.2 Å². The predicted molar refractivity (Wildman–Crippen MR) is 153 cm³/mol. The number of primary amides is 1. The number of nitrogens with zero attached hydrogens (tertiary/aromatic N) is 5. The molecule has 6 rings (SSSR count). The molecule has 42 heavy (non-hydrogen) atoms. The highest BCUT2D eigenvalue weighted by Crippen LogP contribution is 2.37. The van der Waals surface area contributed by atoms with E-state index in [1.54, 1.807) is 6.20 Å². The molecule has 12 heteroatoms. The van der Waals surface area contributed by atoms with Gasteiger partial charge in [0.15, 0.2) is 17.3 Å². The molecular weight excluding hydrogens is 545 g/mol. The molecule has 0 spiro atoms. The second-order valence-corrected chi connectivity index (χ2v) is 11.2. The Morgan fingerprint density at radius 1 is 1.00 bits per heavy atom. The van der Waals surface area contributed by atoms with E-state index in [1.165, 1.54) is 5.56 Å². The number of fused-ring (bicyclic) bond motifs is 1. The summed E-state index contributed by atoms with van der Waals surface area (Å²) in [6, 6.07) is 11.6. The average molecular weight is 579 g/mol. The number of hydrogen-bond donors (Lipinski definition) is 3. The smallest absolute Gasteiger partial charge is 0.225 e. The molecule has 4 N–H and O–H groups in total. The van der Waals surface area contributed by atoms with Crippen LogP contribution in [0.25, 0.3) is 11.2 Å². The number of rotatable bonds is 8. The quantitative estimate of drug-likeness (QED) is 0.261. The number of hydrogen-bond acceptors (Lipinski definition) is 7. The van der Waals surface area contributed by atoms with Crippen LogP contribution in [0.3, 0.4) is 0 Å². The maximum Gasteiger partial charge on any atom is 0.225 e. The van der Waals surface area contributed by atoms with Gasteiger partial charge in [0.25, 0.3) is 0 Å². The summed E-state index contributed by atoms with van der Waals surface area (Å²) < 4.78 is 44.5. The van der Waals surface area contributed by atoms with E-state index >= 15 is 0 Å². The number of benzene rings is 2. The van der Waals surface area contributed by atoms with Crippen molar-refractivity contribution in [3.05, 3.63) is 71.7 Å². The number of piperidine rings is 1. The third kappa shape index (κ3) is 6.03. The summed E-state index contributed by atoms with van der Waals surface area (Å²) in [4.78, 5) is 28.0. The molecule has 0 radical (unpaired) electrons. The zero-order valence-corrected chi connectivity index (χ0v) is 23.1. The van der Waals surface area contributed by atoms with Crippen LogP contribution in [-0.4, -0.2) is 49.5 Å². The predicted octanol–water partition coefficient (Wildman–Crippen LogP) is 5.28. The van der Waals surface area contributed by atoms with Gasteiger partial charge in [-0.2, -0.15) is 4.98 Å². The van der Waals surface area contributed by atoms with Gasteiger partial charge in [-0.1, -0.05) is 30.3 Å². The minimum absolute atomic E-state index is 0.141. The SMILES string of the molecule is NC(=O)[C@H]1CC[C@H](n2c(Nc3c(F)cc(F)cc3F)nc3cnc(N[C@@H]4CCCN(Cc5ccccc5)C4)nc32)CC1. The first-order chi connectivity index (χ1) is 20.3. The van der Waals surface area contributed by atoms with E-state index in [2.05, 4.69) is 37.6 Å². The van der Waals surface area contributed by atoms with Crippen LogP contribution in [-0.2, 0) is 11.3 Å². The summed E-state index contributed by atoms with van der Waals surface area (Å²) in [5.74, 6) is -3.12. The van der Waals surface area contributed by atoms with Gasteiger partial charge in [-0.3, -0.25) is 14.3 Å². The van der Waals surface area contributed by atoms with Gasteiger partial charge in [-0.15, -0.1) is 0 Å². The second kappa shape index (κ2) is 12.0. The molecule has 1 aliphatic heterocycles. The van der Waals surface area contributed by atoms with E-state index < -0.39 is 23.1 Å². The van der Waals surface area contributed by atoms with E-state index in [0.29, 0.717) is 54.9 Å². The van der Waals surface area contributed by atoms with Gasteiger partial charge in [0.1, 0.15) is 17.0 Å². The molecular formula is C30H33F3N8O. The van der Waals surface area contributed by atoms with Crippen LogP contribution in [0.2, 0.25) is 0 Å². The van der Waals surface area contributed by atoms with Crippen molar-refractivity contribution in [3.63, 3.8) is 0 Å². The van der Waals surface area contributed by atoms with Crippen molar-refractivity contribution in [1.82, 2.24) is 24.4 Å². The lowest BCUT2D eigenvalue weighted by Gasteiger charge is -2.33. The second-order valence-electron chi connectivity index (χ2n) is 11.2. The molecule has 1 atom stereocenters. The highest BCUT2D eigenvalue weighted by Gasteiger charge is 2.30. The van der Waals surface area contributed by atoms with Crippen LogP contribution in [0, 0.1) is 23.4 Å². The first-order valence-corrected chi connectivity index (χ1v) is 14.3. The summed E-state index contributed by atoms with van der Waals surface area (Å²) in [7, 11) is 0. The van der Waals surface area contributed by atoms with Gasteiger partial charge in [0, 0.05) is 43.2 Å². The Balaban J connectivity index is 1.28. The number of aromatic nitrogens is 4. The van der Waals surface area contributed by atoms with Crippen molar-refractivity contribution < 1.29 is 18.0 Å². The first kappa shape index (κ1) is 28.0. The molecule has 2 aliphatic rings. The maximum atomic E-state index is 14.6. The number of carbonyl (C=O) groups excluding carboxylic acids is 1. The van der Waals surface area contributed by atoms with Gasteiger partial charge < -0.3 is 16.4 Å². The van der Waals surface area contributed by atoms with E-state index in [-0.39, 0.29) is 29.9 Å². The zero-order chi connectivity index (χ0) is 29.2. The van der Waals surface area contributed by atoms with E-state index in [0.717, 1.165) is 32.5 Å². The Hall–Kier alpha value is -4.19. The molecule has 1 saturated heterocycles. The molecule has 3 heterocycles. The fraction of sp³-hybridized carbons (Fsp3) is 0.400. The Bertz CT molecular complexity index is 1550. The topological polar surface area (TPSA) is 114 Å². The molecule has 0 unspecified atom stereocenters. The van der Waals surface area contributed by atoms with Crippen LogP contribution < -0.4 is 16.4 Å². The lowest BCUT2D eigenvalue weighted by Crippen LogP contribution is -2.41. The van der Waals surface area contributed by atoms with E-state index in [9.17, 15) is 18.0 Å². The third-order valence-corrected chi connectivity index (χ3v) is 8.23. The molecule has 4 aromatic rings. The summed E-state index contributed by atoms with van der Waals surface area (Å²) in [6.07, 6.45) is 5.96. The number of nitrogens with one attached hydrogen (secondary N) is 2. The third-order valence-electron chi connectivity index (χ3n) is 8.23. The summed E-state index contributed by atoms with van der Waals surface area (Å²) in [5, 5.41) is 6.21. The van der Waals surface area contributed by atoms with Crippen LogP contribution in [0.4, 0.5) is 30.8 Å². The van der Waals surface area contributed by atoms with Crippen molar-refractivity contribution in [3.8, 4) is 0 Å². The van der Waals surface area contributed by atoms with E-state index in [1.807, 2.05) is 22.8 Å². The Labute approximate surface area is 241 Å². The van der Waals surface area contributed by atoms with Crippen LogP contribution >= 0.6 is 0 Å². The minimum Gasteiger partial charge on any atom is -0.369 e. The first-order valence-electron chi connectivity index (χ1n) is 14.3. The van der Waals surface area contributed by atoms with Gasteiger partial charge in [-0.05, 0) is 50.6 Å². The molecule has 220 valence electrons. The number of imidazole rings is 1. The molecule has 1 saturated carbocycles. The van der Waals surface area contributed by atoms with Crippen molar-refractivity contribution >= 4 is 34.7 Å². The summed E-state index contributed by atoms with van der Waals surface area (Å²) in [6.45, 7) is 2.72. The molecule has 2 aromatic carbocycles. The number of amides is 1. The maximum absolute atomic E-state index is 14.6. The number of carbonyl (C=O) groups is 1. The lowest BCUT2D eigenvalue weighted by atomic mass is 9.85. The number of likely N-dealkylation sites (tertiary alicyclic amines) is 1. The normalized spacial score (nSPS) is 21.4. The fourth-order valence-electron chi connectivity index (χ4n) is 6.13. The van der Waals surface area contributed by atoms with E-state index in [4.69, 9.17) is 10.7 Å². The summed E-state index contributed by atoms with van der Waals surface area (Å²) >= 11 is 0. The number of nitrogens with two attached hydrogens (primary N) is 1. The van der Waals surface area contributed by atoms with Crippen LogP contribution in [0.15, 0.2) is 48.7 Å². The lowest BCUT2D eigenvalue weighted by molar-refractivity contribution is -0.122. The number of anilines is 3. The standard InChI is InChI=1S/C30H33F3N8O/c31-20-13-23(32)26(24(33)14-20)38-30-37-25-15-35-29(39-28(25)41(30)22-10-8-19(9-11-22)27(34)42)36-21-7-4-12-40(17-21)16-18-5-2-1-3-6-18/h1-3,5-6,13-15,19,21-22H,4,7-12,16-17H2,(H2,34,42)(H,37,38)(H,35,36,39)/t19-,21-,22-/m1/s1. The zero-order valence-electron chi connectivity index (χ0n) is 23.1. The highest BCUT2D eigenvalue weighted by molar-refractivity contribution is 5.78. The summed E-state index contributed by atoms with van der Waals surface area (Å²) in [5.41, 5.74) is 7.24. The minimum atomic E-state index is -1.07. The number of halogens is 3. The fourth-order valence-corrected chi connectivity index (χ4v) is 6.13. The largest absolute Gasteiger partial charge is 0.369 e. The van der Waals surface area contributed by atoms with Gasteiger partial charge in [0.05, 0.1) is 6.20 Å². The molecule has 2 aromatic heterocycles. The van der Waals surface area contributed by atoms with Crippen molar-refractivity contribution in [2.24, 2.45) is 11.7 Å². The van der Waals surface area contributed by atoms with Crippen molar-refractivity contribution in [2.75, 3.05) is 23.7 Å². The Morgan fingerprint density at radius 2 is 1.74 bits per heavy atom. The molecule has 1 amide bonds. The van der Waals surface area contributed by atoms with Gasteiger partial charge >= 0.3 is 0 Å². The van der Waals surface area contributed by atoms with Crippen LogP contribution in [0.5, 0.6) is 0 Å². The van der Waals surface area contributed by atoms with Gasteiger partial charge in [0.2, 0.25) is 17.8 Å². The van der Waals surface area contributed by atoms with Gasteiger partial charge in [-0.25, -0.2) is 23.1 Å².